The standard InChI is InChI=1S/C10H17NO5/c1-9(2,3)16-8(14)11-5-4-10(15,6-11)7(12)13/h15H,4-6H2,1-3H3,(H,12,13)/t10-/m0/s1. The SMILES string of the molecule is CC(C)(C)OC(=O)N1CC[C@@](O)(C(=O)O)C1. The molecule has 0 aliphatic carbocycles. The van der Waals surface area contributed by atoms with E-state index in [1.807, 2.05) is 0 Å². The number of likely N-dealkylation sites (tertiary alicyclic amines) is 1. The number of ether oxygens (including phenoxy) is 1. The molecule has 6 nitrogen and oxygen atoms in total. The number of carboxylic acid groups (broad SMARTS) is 1. The van der Waals surface area contributed by atoms with Gasteiger partial charge in [0, 0.05) is 13.0 Å². The first-order valence-corrected chi connectivity index (χ1v) is 5.08. The van der Waals surface area contributed by atoms with Crippen molar-refractivity contribution in [2.45, 2.75) is 38.4 Å². The van der Waals surface area contributed by atoms with Crippen LogP contribution in [-0.4, -0.2) is 51.5 Å². The van der Waals surface area contributed by atoms with Crippen LogP contribution in [0.2, 0.25) is 0 Å². The molecule has 0 saturated carbocycles. The van der Waals surface area contributed by atoms with Crippen LogP contribution in [0, 0.1) is 0 Å². The highest BCUT2D eigenvalue weighted by Gasteiger charge is 2.45. The molecule has 1 aliphatic rings. The molecule has 0 aromatic carbocycles. The first kappa shape index (κ1) is 12.8. The van der Waals surface area contributed by atoms with Gasteiger partial charge in [0.25, 0.3) is 0 Å². The number of carbonyl (C=O) groups excluding carboxylic acids is 1. The second-order valence-electron chi connectivity index (χ2n) is 4.99. The largest absolute Gasteiger partial charge is 0.479 e. The van der Waals surface area contributed by atoms with E-state index in [4.69, 9.17) is 9.84 Å². The number of carboxylic acids is 1. The maximum Gasteiger partial charge on any atom is 0.410 e. The van der Waals surface area contributed by atoms with Crippen molar-refractivity contribution in [3.05, 3.63) is 0 Å². The Labute approximate surface area is 93.8 Å². The summed E-state index contributed by atoms with van der Waals surface area (Å²) in [5, 5.41) is 18.4. The van der Waals surface area contributed by atoms with E-state index in [1.54, 1.807) is 20.8 Å². The molecule has 1 fully saturated rings. The summed E-state index contributed by atoms with van der Waals surface area (Å²) in [6.07, 6.45) is -0.564. The Bertz CT molecular complexity index is 309. The minimum Gasteiger partial charge on any atom is -0.479 e. The van der Waals surface area contributed by atoms with Gasteiger partial charge in [0.1, 0.15) is 5.60 Å². The normalized spacial score (nSPS) is 25.6. The maximum atomic E-state index is 11.6. The maximum absolute atomic E-state index is 11.6. The number of hydrogen-bond acceptors (Lipinski definition) is 4. The smallest absolute Gasteiger partial charge is 0.410 e. The molecule has 1 aliphatic heterocycles. The van der Waals surface area contributed by atoms with E-state index in [1.165, 1.54) is 4.90 Å². The van der Waals surface area contributed by atoms with E-state index in [-0.39, 0.29) is 19.5 Å². The van der Waals surface area contributed by atoms with Crippen LogP contribution in [0.4, 0.5) is 4.79 Å². The quantitative estimate of drug-likeness (QED) is 0.684. The number of hydrogen-bond donors (Lipinski definition) is 2. The Balaban J connectivity index is 2.60. The first-order valence-electron chi connectivity index (χ1n) is 5.08. The Hall–Kier alpha value is -1.30. The highest BCUT2D eigenvalue weighted by molar-refractivity contribution is 5.80. The molecule has 0 spiro atoms. The second-order valence-corrected chi connectivity index (χ2v) is 4.99. The monoisotopic (exact) mass is 231 g/mol. The van der Waals surface area contributed by atoms with Gasteiger partial charge in [-0.1, -0.05) is 0 Å². The molecular weight excluding hydrogens is 214 g/mol. The summed E-state index contributed by atoms with van der Waals surface area (Å²) in [6, 6.07) is 0. The Morgan fingerprint density at radius 3 is 2.31 bits per heavy atom. The average Bonchev–Trinajstić information content (AvgIpc) is 2.46. The number of aliphatic hydroxyl groups is 1. The number of rotatable bonds is 1. The van der Waals surface area contributed by atoms with Crippen molar-refractivity contribution >= 4 is 12.1 Å². The van der Waals surface area contributed by atoms with E-state index in [2.05, 4.69) is 0 Å². The van der Waals surface area contributed by atoms with Crippen molar-refractivity contribution in [1.29, 1.82) is 0 Å². The van der Waals surface area contributed by atoms with Crippen LogP contribution >= 0.6 is 0 Å². The third kappa shape index (κ3) is 2.85. The van der Waals surface area contributed by atoms with Crippen LogP contribution < -0.4 is 0 Å². The van der Waals surface area contributed by atoms with Crippen LogP contribution in [0.3, 0.4) is 0 Å². The average molecular weight is 231 g/mol. The van der Waals surface area contributed by atoms with Gasteiger partial charge in [0.05, 0.1) is 6.54 Å². The third-order valence-corrected chi connectivity index (χ3v) is 2.30. The van der Waals surface area contributed by atoms with Crippen LogP contribution in [0.5, 0.6) is 0 Å². The second kappa shape index (κ2) is 3.93. The molecule has 0 radical (unpaired) electrons. The summed E-state index contributed by atoms with van der Waals surface area (Å²) in [7, 11) is 0. The predicted octanol–water partition coefficient (Wildman–Crippen LogP) is 0.443. The number of carbonyl (C=O) groups is 2. The number of β-amino-alcohol motifs (C(OH)–C–C–N with tert-alkyl or cyclic N) is 1. The molecule has 6 heteroatoms. The molecule has 0 bridgehead atoms. The van der Waals surface area contributed by atoms with Gasteiger partial charge in [0.15, 0.2) is 5.60 Å². The summed E-state index contributed by atoms with van der Waals surface area (Å²) in [6.45, 7) is 5.15. The van der Waals surface area contributed by atoms with E-state index < -0.39 is 23.3 Å². The highest BCUT2D eigenvalue weighted by atomic mass is 16.6. The lowest BCUT2D eigenvalue weighted by atomic mass is 10.0. The Morgan fingerprint density at radius 1 is 1.38 bits per heavy atom. The summed E-state index contributed by atoms with van der Waals surface area (Å²) >= 11 is 0. The molecule has 1 saturated heterocycles. The van der Waals surface area contributed by atoms with E-state index in [0.29, 0.717) is 0 Å². The molecule has 1 heterocycles. The lowest BCUT2D eigenvalue weighted by Gasteiger charge is -2.25. The van der Waals surface area contributed by atoms with E-state index in [9.17, 15) is 14.7 Å². The molecule has 16 heavy (non-hydrogen) atoms. The van der Waals surface area contributed by atoms with Gasteiger partial charge in [0.2, 0.25) is 0 Å². The fourth-order valence-electron chi connectivity index (χ4n) is 1.45. The van der Waals surface area contributed by atoms with Gasteiger partial charge in [-0.25, -0.2) is 9.59 Å². The zero-order valence-corrected chi connectivity index (χ0v) is 9.69. The molecular formula is C10H17NO5. The van der Waals surface area contributed by atoms with Gasteiger partial charge < -0.3 is 19.8 Å². The van der Waals surface area contributed by atoms with Crippen LogP contribution in [-0.2, 0) is 9.53 Å². The molecule has 0 unspecified atom stereocenters. The summed E-state index contributed by atoms with van der Waals surface area (Å²) in [4.78, 5) is 23.5. The molecule has 92 valence electrons. The van der Waals surface area contributed by atoms with Crippen molar-refractivity contribution in [1.82, 2.24) is 4.90 Å². The Kier molecular flexibility index (Phi) is 3.14. The summed E-state index contributed by atoms with van der Waals surface area (Å²) in [5.74, 6) is -1.31. The van der Waals surface area contributed by atoms with Gasteiger partial charge in [-0.3, -0.25) is 0 Å². The van der Waals surface area contributed by atoms with Crippen molar-refractivity contribution in [2.24, 2.45) is 0 Å². The fraction of sp³-hybridized carbons (Fsp3) is 0.800. The fourth-order valence-corrected chi connectivity index (χ4v) is 1.45. The van der Waals surface area contributed by atoms with Crippen LogP contribution in [0.1, 0.15) is 27.2 Å². The lowest BCUT2D eigenvalue weighted by molar-refractivity contribution is -0.156. The minimum absolute atomic E-state index is 0.0293. The zero-order valence-electron chi connectivity index (χ0n) is 9.69. The van der Waals surface area contributed by atoms with Crippen molar-refractivity contribution in [3.8, 4) is 0 Å². The Morgan fingerprint density at radius 2 is 1.94 bits per heavy atom. The van der Waals surface area contributed by atoms with Crippen LogP contribution in [0.15, 0.2) is 0 Å². The number of aliphatic carboxylic acids is 1. The highest BCUT2D eigenvalue weighted by Crippen LogP contribution is 2.23. The van der Waals surface area contributed by atoms with Gasteiger partial charge in [-0.05, 0) is 20.8 Å². The molecule has 0 aromatic rings. The van der Waals surface area contributed by atoms with Gasteiger partial charge in [-0.2, -0.15) is 0 Å². The zero-order chi connectivity index (χ0) is 12.6. The molecule has 1 atom stereocenters. The molecule has 2 N–H and O–H groups in total. The van der Waals surface area contributed by atoms with Gasteiger partial charge >= 0.3 is 12.1 Å². The number of amides is 1. The topological polar surface area (TPSA) is 87.1 Å². The first-order chi connectivity index (χ1) is 7.14. The molecule has 0 aromatic heterocycles. The third-order valence-electron chi connectivity index (χ3n) is 2.30. The lowest BCUT2D eigenvalue weighted by Crippen LogP contribution is -2.43. The van der Waals surface area contributed by atoms with Crippen molar-refractivity contribution in [3.63, 3.8) is 0 Å². The predicted molar refractivity (Wildman–Crippen MR) is 55.0 cm³/mol. The van der Waals surface area contributed by atoms with Gasteiger partial charge in [-0.15, -0.1) is 0 Å². The molecule has 1 amide bonds. The number of nitrogens with zero attached hydrogens (tertiary/aromatic N) is 1. The van der Waals surface area contributed by atoms with E-state index >= 15 is 0 Å². The van der Waals surface area contributed by atoms with Crippen molar-refractivity contribution < 1.29 is 24.5 Å². The molecule has 1 rings (SSSR count). The minimum atomic E-state index is -1.84. The van der Waals surface area contributed by atoms with E-state index in [0.717, 1.165) is 0 Å². The summed E-state index contributed by atoms with van der Waals surface area (Å²) < 4.78 is 5.08. The van der Waals surface area contributed by atoms with Crippen LogP contribution in [0.25, 0.3) is 0 Å². The summed E-state index contributed by atoms with van der Waals surface area (Å²) in [5.41, 5.74) is -2.46. The van der Waals surface area contributed by atoms with Crippen molar-refractivity contribution in [2.75, 3.05) is 13.1 Å².